The number of aliphatic hydroxyl groups excluding tert-OH is 1. The number of aliphatic hydroxyl groups is 1. The monoisotopic (exact) mass is 194 g/mol. The van der Waals surface area contributed by atoms with Crippen LogP contribution in [0.15, 0.2) is 11.6 Å². The Hall–Kier alpha value is -0.630. The summed E-state index contributed by atoms with van der Waals surface area (Å²) in [5, 5.41) is 9.80. The Morgan fingerprint density at radius 1 is 1.36 bits per heavy atom. The molecule has 0 aromatic heterocycles. The van der Waals surface area contributed by atoms with Crippen molar-refractivity contribution in [3.05, 3.63) is 11.6 Å². The first-order valence-corrected chi connectivity index (χ1v) is 5.27. The number of allylic oxidation sites excluding steroid dienone is 2. The molecule has 2 atom stereocenters. The van der Waals surface area contributed by atoms with E-state index < -0.39 is 0 Å². The topological polar surface area (TPSA) is 37.3 Å². The number of carbonyl (C=O) groups excluding carboxylic acids is 1. The summed E-state index contributed by atoms with van der Waals surface area (Å²) >= 11 is 0. The van der Waals surface area contributed by atoms with Crippen LogP contribution in [0.25, 0.3) is 0 Å². The van der Waals surface area contributed by atoms with Gasteiger partial charge in [-0.05, 0) is 29.7 Å². The van der Waals surface area contributed by atoms with Crippen molar-refractivity contribution in [2.24, 2.45) is 10.8 Å². The molecule has 2 aliphatic carbocycles. The molecule has 1 fully saturated rings. The zero-order chi connectivity index (χ0) is 10.6. The van der Waals surface area contributed by atoms with Crippen molar-refractivity contribution in [2.45, 2.75) is 46.1 Å². The molecule has 2 rings (SSSR count). The molecule has 0 aromatic carbocycles. The van der Waals surface area contributed by atoms with Gasteiger partial charge >= 0.3 is 0 Å². The molecule has 2 heteroatoms. The summed E-state index contributed by atoms with van der Waals surface area (Å²) in [6, 6.07) is 0. The van der Waals surface area contributed by atoms with Crippen LogP contribution in [-0.2, 0) is 4.79 Å². The van der Waals surface area contributed by atoms with Gasteiger partial charge in [-0.25, -0.2) is 0 Å². The average Bonchev–Trinajstić information content (AvgIpc) is 2.22. The van der Waals surface area contributed by atoms with Crippen LogP contribution in [0.2, 0.25) is 0 Å². The Labute approximate surface area is 85.0 Å². The van der Waals surface area contributed by atoms with E-state index in [1.165, 1.54) is 5.57 Å². The highest BCUT2D eigenvalue weighted by Crippen LogP contribution is 2.55. The van der Waals surface area contributed by atoms with Crippen LogP contribution in [0.4, 0.5) is 0 Å². The van der Waals surface area contributed by atoms with Crippen LogP contribution < -0.4 is 0 Å². The number of fused-ring (bicyclic) bond motifs is 1. The largest absolute Gasteiger partial charge is 0.393 e. The van der Waals surface area contributed by atoms with Gasteiger partial charge in [0, 0.05) is 6.42 Å². The molecule has 0 aliphatic heterocycles. The molecule has 0 saturated heterocycles. The standard InChI is InChI=1S/C12H18O2/c1-11(2)5-9(14)7-12(3)6-8(13)4-10(11)12/h4,9,14H,5-7H2,1-3H3/t9-,12+/m0/s1. The van der Waals surface area contributed by atoms with Gasteiger partial charge in [-0.2, -0.15) is 0 Å². The molecule has 0 unspecified atom stereocenters. The molecule has 0 aromatic rings. The summed E-state index contributed by atoms with van der Waals surface area (Å²) in [5.74, 6) is 0.227. The quantitative estimate of drug-likeness (QED) is 0.641. The van der Waals surface area contributed by atoms with Crippen molar-refractivity contribution in [1.82, 2.24) is 0 Å². The van der Waals surface area contributed by atoms with E-state index in [-0.39, 0.29) is 22.7 Å². The van der Waals surface area contributed by atoms with Crippen LogP contribution in [0.1, 0.15) is 40.0 Å². The maximum Gasteiger partial charge on any atom is 0.156 e. The molecule has 0 spiro atoms. The second-order valence-electron chi connectivity index (χ2n) is 5.71. The molecule has 78 valence electrons. The molecular formula is C12H18O2. The fraction of sp³-hybridized carbons (Fsp3) is 0.750. The Balaban J connectivity index is 2.43. The van der Waals surface area contributed by atoms with Gasteiger partial charge in [0.2, 0.25) is 0 Å². The minimum atomic E-state index is -0.252. The molecule has 0 heterocycles. The Kier molecular flexibility index (Phi) is 1.91. The smallest absolute Gasteiger partial charge is 0.156 e. The highest BCUT2D eigenvalue weighted by atomic mass is 16.3. The van der Waals surface area contributed by atoms with Gasteiger partial charge in [-0.1, -0.05) is 26.3 Å². The molecule has 0 amide bonds. The Morgan fingerprint density at radius 3 is 2.64 bits per heavy atom. The predicted octanol–water partition coefficient (Wildman–Crippen LogP) is 2.07. The SMILES string of the molecule is CC1(C)C[C@H](O)C[C@@]2(C)CC(=O)C=C12. The van der Waals surface area contributed by atoms with Crippen LogP contribution >= 0.6 is 0 Å². The molecule has 2 nitrogen and oxygen atoms in total. The number of ketones is 1. The summed E-state index contributed by atoms with van der Waals surface area (Å²) in [7, 11) is 0. The van der Waals surface area contributed by atoms with E-state index in [4.69, 9.17) is 0 Å². The third-order valence-electron chi connectivity index (χ3n) is 3.68. The molecular weight excluding hydrogens is 176 g/mol. The van der Waals surface area contributed by atoms with Gasteiger partial charge in [0.25, 0.3) is 0 Å². The lowest BCUT2D eigenvalue weighted by Gasteiger charge is -2.45. The van der Waals surface area contributed by atoms with Gasteiger partial charge in [0.1, 0.15) is 0 Å². The van der Waals surface area contributed by atoms with E-state index in [1.807, 2.05) is 6.08 Å². The molecule has 2 aliphatic rings. The minimum Gasteiger partial charge on any atom is -0.393 e. The van der Waals surface area contributed by atoms with Crippen LogP contribution in [0.3, 0.4) is 0 Å². The molecule has 14 heavy (non-hydrogen) atoms. The van der Waals surface area contributed by atoms with Crippen molar-refractivity contribution in [3.63, 3.8) is 0 Å². The van der Waals surface area contributed by atoms with Crippen molar-refractivity contribution in [1.29, 1.82) is 0 Å². The van der Waals surface area contributed by atoms with Crippen LogP contribution in [-0.4, -0.2) is 17.0 Å². The van der Waals surface area contributed by atoms with Gasteiger partial charge in [0.05, 0.1) is 6.10 Å². The van der Waals surface area contributed by atoms with Gasteiger partial charge in [0.15, 0.2) is 5.78 Å². The molecule has 1 saturated carbocycles. The normalized spacial score (nSPS) is 40.7. The van der Waals surface area contributed by atoms with Crippen LogP contribution in [0.5, 0.6) is 0 Å². The van der Waals surface area contributed by atoms with Crippen LogP contribution in [0, 0.1) is 10.8 Å². The van der Waals surface area contributed by atoms with Crippen molar-refractivity contribution in [3.8, 4) is 0 Å². The minimum absolute atomic E-state index is 0.0153. The lowest BCUT2D eigenvalue weighted by molar-refractivity contribution is -0.115. The van der Waals surface area contributed by atoms with E-state index >= 15 is 0 Å². The van der Waals surface area contributed by atoms with E-state index in [9.17, 15) is 9.90 Å². The molecule has 0 bridgehead atoms. The number of hydrogen-bond donors (Lipinski definition) is 1. The number of carbonyl (C=O) groups is 1. The van der Waals surface area contributed by atoms with E-state index in [0.717, 1.165) is 12.8 Å². The van der Waals surface area contributed by atoms with E-state index in [1.54, 1.807) is 0 Å². The lowest BCUT2D eigenvalue weighted by Crippen LogP contribution is -2.39. The Morgan fingerprint density at radius 2 is 2.00 bits per heavy atom. The van der Waals surface area contributed by atoms with Crippen molar-refractivity contribution in [2.75, 3.05) is 0 Å². The third kappa shape index (κ3) is 1.33. The zero-order valence-electron chi connectivity index (χ0n) is 9.13. The first kappa shape index (κ1) is 9.91. The summed E-state index contributed by atoms with van der Waals surface area (Å²) in [6.45, 7) is 6.35. The summed E-state index contributed by atoms with van der Waals surface area (Å²) in [5.41, 5.74) is 1.16. The summed E-state index contributed by atoms with van der Waals surface area (Å²) < 4.78 is 0. The first-order chi connectivity index (χ1) is 6.33. The highest BCUT2D eigenvalue weighted by Gasteiger charge is 2.48. The first-order valence-electron chi connectivity index (χ1n) is 5.27. The maximum absolute atomic E-state index is 11.5. The highest BCUT2D eigenvalue weighted by molar-refractivity contribution is 5.94. The lowest BCUT2D eigenvalue weighted by atomic mass is 9.61. The van der Waals surface area contributed by atoms with Crippen molar-refractivity contribution < 1.29 is 9.90 Å². The summed E-state index contributed by atoms with van der Waals surface area (Å²) in [4.78, 5) is 11.5. The Bertz CT molecular complexity index is 314. The summed E-state index contributed by atoms with van der Waals surface area (Å²) in [6.07, 6.45) is 3.67. The number of rotatable bonds is 0. The predicted molar refractivity (Wildman–Crippen MR) is 54.8 cm³/mol. The van der Waals surface area contributed by atoms with Gasteiger partial charge in [-0.15, -0.1) is 0 Å². The van der Waals surface area contributed by atoms with Gasteiger partial charge in [-0.3, -0.25) is 4.79 Å². The zero-order valence-corrected chi connectivity index (χ0v) is 9.13. The molecule has 1 N–H and O–H groups in total. The van der Waals surface area contributed by atoms with E-state index in [0.29, 0.717) is 6.42 Å². The molecule has 0 radical (unpaired) electrons. The van der Waals surface area contributed by atoms with Gasteiger partial charge < -0.3 is 5.11 Å². The fourth-order valence-corrected chi connectivity index (χ4v) is 3.35. The third-order valence-corrected chi connectivity index (χ3v) is 3.68. The fourth-order valence-electron chi connectivity index (χ4n) is 3.35. The second kappa shape index (κ2) is 2.69. The average molecular weight is 194 g/mol. The maximum atomic E-state index is 11.5. The second-order valence-corrected chi connectivity index (χ2v) is 5.71. The number of hydrogen-bond acceptors (Lipinski definition) is 2. The van der Waals surface area contributed by atoms with Crippen molar-refractivity contribution >= 4 is 5.78 Å². The van der Waals surface area contributed by atoms with E-state index in [2.05, 4.69) is 20.8 Å².